The standard InChI is InChI=1S/C17H38N4/c1-3-5-12-20(13-6-4-2)14-8-11-19-17-9-7-15-21(17)16-10-18/h17,19H,3-16,18H2,1-2H3. The van der Waals surface area contributed by atoms with E-state index in [1.54, 1.807) is 0 Å². The van der Waals surface area contributed by atoms with Crippen molar-refractivity contribution in [3.63, 3.8) is 0 Å². The van der Waals surface area contributed by atoms with Gasteiger partial charge < -0.3 is 16.0 Å². The largest absolute Gasteiger partial charge is 0.329 e. The van der Waals surface area contributed by atoms with E-state index in [9.17, 15) is 0 Å². The number of nitrogens with two attached hydrogens (primary N) is 1. The molecule has 1 aliphatic heterocycles. The predicted molar refractivity (Wildman–Crippen MR) is 92.5 cm³/mol. The lowest BCUT2D eigenvalue weighted by atomic mass is 10.2. The highest BCUT2D eigenvalue weighted by molar-refractivity contribution is 4.77. The second-order valence-corrected chi connectivity index (χ2v) is 6.34. The molecule has 126 valence electrons. The first-order chi connectivity index (χ1) is 10.3. The van der Waals surface area contributed by atoms with Crippen LogP contribution in [0.25, 0.3) is 0 Å². The van der Waals surface area contributed by atoms with E-state index in [-0.39, 0.29) is 0 Å². The Labute approximate surface area is 132 Å². The normalized spacial score (nSPS) is 19.7. The highest BCUT2D eigenvalue weighted by Crippen LogP contribution is 2.13. The Morgan fingerprint density at radius 3 is 2.38 bits per heavy atom. The first-order valence-electron chi connectivity index (χ1n) is 9.21. The zero-order valence-corrected chi connectivity index (χ0v) is 14.4. The van der Waals surface area contributed by atoms with E-state index in [1.807, 2.05) is 0 Å². The van der Waals surface area contributed by atoms with Crippen LogP contribution in [0.3, 0.4) is 0 Å². The summed E-state index contributed by atoms with van der Waals surface area (Å²) >= 11 is 0. The van der Waals surface area contributed by atoms with E-state index in [0.717, 1.165) is 19.6 Å². The molecule has 0 spiro atoms. The fourth-order valence-electron chi connectivity index (χ4n) is 3.16. The molecule has 0 amide bonds. The molecule has 0 aromatic heterocycles. The second kappa shape index (κ2) is 12.4. The number of hydrogen-bond acceptors (Lipinski definition) is 4. The van der Waals surface area contributed by atoms with Crippen molar-refractivity contribution in [2.45, 2.75) is 65.0 Å². The van der Waals surface area contributed by atoms with Crippen molar-refractivity contribution >= 4 is 0 Å². The van der Waals surface area contributed by atoms with Crippen LogP contribution >= 0.6 is 0 Å². The molecule has 21 heavy (non-hydrogen) atoms. The molecular formula is C17H38N4. The van der Waals surface area contributed by atoms with Gasteiger partial charge >= 0.3 is 0 Å². The Bertz CT molecular complexity index is 227. The summed E-state index contributed by atoms with van der Waals surface area (Å²) in [6, 6.07) is 0. The van der Waals surface area contributed by atoms with Crippen molar-refractivity contribution in [3.05, 3.63) is 0 Å². The van der Waals surface area contributed by atoms with Gasteiger partial charge in [-0.3, -0.25) is 4.90 Å². The molecule has 1 aliphatic rings. The highest BCUT2D eigenvalue weighted by atomic mass is 15.3. The van der Waals surface area contributed by atoms with Gasteiger partial charge in [0.15, 0.2) is 0 Å². The van der Waals surface area contributed by atoms with Crippen LogP contribution in [0.5, 0.6) is 0 Å². The molecule has 1 heterocycles. The summed E-state index contributed by atoms with van der Waals surface area (Å²) in [6.07, 6.45) is 9.72. The lowest BCUT2D eigenvalue weighted by Crippen LogP contribution is -2.44. The van der Waals surface area contributed by atoms with E-state index >= 15 is 0 Å². The molecule has 3 N–H and O–H groups in total. The average molecular weight is 299 g/mol. The van der Waals surface area contributed by atoms with Gasteiger partial charge in [0.25, 0.3) is 0 Å². The molecule has 1 fully saturated rings. The zero-order chi connectivity index (χ0) is 15.3. The van der Waals surface area contributed by atoms with Gasteiger partial charge in [-0.2, -0.15) is 0 Å². The number of hydrogen-bond donors (Lipinski definition) is 2. The smallest absolute Gasteiger partial charge is 0.0597 e. The topological polar surface area (TPSA) is 44.5 Å². The van der Waals surface area contributed by atoms with Crippen LogP contribution in [0.15, 0.2) is 0 Å². The maximum Gasteiger partial charge on any atom is 0.0597 e. The second-order valence-electron chi connectivity index (χ2n) is 6.34. The molecular weight excluding hydrogens is 260 g/mol. The third-order valence-corrected chi connectivity index (χ3v) is 4.47. The minimum absolute atomic E-state index is 0.577. The number of unbranched alkanes of at least 4 members (excludes halogenated alkanes) is 2. The predicted octanol–water partition coefficient (Wildman–Crippen LogP) is 2.25. The zero-order valence-electron chi connectivity index (χ0n) is 14.4. The summed E-state index contributed by atoms with van der Waals surface area (Å²) < 4.78 is 0. The molecule has 0 saturated carbocycles. The number of rotatable bonds is 13. The fourth-order valence-corrected chi connectivity index (χ4v) is 3.16. The quantitative estimate of drug-likeness (QED) is 0.512. The summed E-state index contributed by atoms with van der Waals surface area (Å²) in [6.45, 7) is 12.5. The molecule has 0 radical (unpaired) electrons. The fraction of sp³-hybridized carbons (Fsp3) is 1.00. The van der Waals surface area contributed by atoms with Crippen LogP contribution in [-0.2, 0) is 0 Å². The van der Waals surface area contributed by atoms with Gasteiger partial charge in [-0.25, -0.2) is 0 Å². The van der Waals surface area contributed by atoms with E-state index in [0.29, 0.717) is 6.17 Å². The van der Waals surface area contributed by atoms with Gasteiger partial charge in [0, 0.05) is 13.1 Å². The highest BCUT2D eigenvalue weighted by Gasteiger charge is 2.22. The van der Waals surface area contributed by atoms with Crippen LogP contribution < -0.4 is 11.1 Å². The van der Waals surface area contributed by atoms with Crippen molar-refractivity contribution in [2.24, 2.45) is 5.73 Å². The molecule has 1 unspecified atom stereocenters. The van der Waals surface area contributed by atoms with Gasteiger partial charge in [0.05, 0.1) is 6.17 Å². The summed E-state index contributed by atoms with van der Waals surface area (Å²) in [5, 5.41) is 3.73. The van der Waals surface area contributed by atoms with Crippen molar-refractivity contribution in [1.29, 1.82) is 0 Å². The Balaban J connectivity index is 2.14. The summed E-state index contributed by atoms with van der Waals surface area (Å²) in [7, 11) is 0. The van der Waals surface area contributed by atoms with E-state index < -0.39 is 0 Å². The van der Waals surface area contributed by atoms with E-state index in [4.69, 9.17) is 5.73 Å². The Hall–Kier alpha value is -0.160. The SMILES string of the molecule is CCCCN(CCCC)CCCNC1CCCN1CCN. The summed E-state index contributed by atoms with van der Waals surface area (Å²) in [4.78, 5) is 5.16. The number of nitrogens with one attached hydrogen (secondary N) is 1. The Kier molecular flexibility index (Phi) is 11.1. The Morgan fingerprint density at radius 1 is 1.10 bits per heavy atom. The average Bonchev–Trinajstić information content (AvgIpc) is 2.93. The first-order valence-corrected chi connectivity index (χ1v) is 9.21. The van der Waals surface area contributed by atoms with Gasteiger partial charge in [-0.1, -0.05) is 26.7 Å². The van der Waals surface area contributed by atoms with Crippen LogP contribution in [0.1, 0.15) is 58.8 Å². The number of nitrogens with zero attached hydrogens (tertiary/aromatic N) is 2. The first kappa shape index (κ1) is 18.9. The molecule has 0 aromatic rings. The molecule has 0 aromatic carbocycles. The lowest BCUT2D eigenvalue weighted by Gasteiger charge is -2.26. The molecule has 4 heteroatoms. The van der Waals surface area contributed by atoms with Crippen LogP contribution in [0.2, 0.25) is 0 Å². The third-order valence-electron chi connectivity index (χ3n) is 4.47. The van der Waals surface area contributed by atoms with Crippen molar-refractivity contribution < 1.29 is 0 Å². The summed E-state index contributed by atoms with van der Waals surface area (Å²) in [5.41, 5.74) is 5.68. The van der Waals surface area contributed by atoms with Gasteiger partial charge in [-0.05, 0) is 64.8 Å². The van der Waals surface area contributed by atoms with Crippen molar-refractivity contribution in [1.82, 2.24) is 15.1 Å². The molecule has 1 rings (SSSR count). The van der Waals surface area contributed by atoms with Crippen LogP contribution in [0.4, 0.5) is 0 Å². The van der Waals surface area contributed by atoms with Gasteiger partial charge in [0.2, 0.25) is 0 Å². The number of likely N-dealkylation sites (tertiary alicyclic amines) is 1. The maximum atomic E-state index is 5.68. The lowest BCUT2D eigenvalue weighted by molar-refractivity contribution is 0.214. The van der Waals surface area contributed by atoms with Crippen molar-refractivity contribution in [3.8, 4) is 0 Å². The minimum Gasteiger partial charge on any atom is -0.329 e. The monoisotopic (exact) mass is 298 g/mol. The molecule has 1 atom stereocenters. The minimum atomic E-state index is 0.577. The van der Waals surface area contributed by atoms with Crippen molar-refractivity contribution in [2.75, 3.05) is 45.8 Å². The van der Waals surface area contributed by atoms with Gasteiger partial charge in [-0.15, -0.1) is 0 Å². The third kappa shape index (κ3) is 8.15. The van der Waals surface area contributed by atoms with Gasteiger partial charge in [0.1, 0.15) is 0 Å². The maximum absolute atomic E-state index is 5.68. The Morgan fingerprint density at radius 2 is 1.76 bits per heavy atom. The summed E-state index contributed by atoms with van der Waals surface area (Å²) in [5.74, 6) is 0. The van der Waals surface area contributed by atoms with E-state index in [2.05, 4.69) is 29.0 Å². The molecule has 4 nitrogen and oxygen atoms in total. The molecule has 0 aliphatic carbocycles. The van der Waals surface area contributed by atoms with E-state index in [1.165, 1.54) is 71.1 Å². The molecule has 1 saturated heterocycles. The molecule has 0 bridgehead atoms. The van der Waals surface area contributed by atoms with Crippen LogP contribution in [-0.4, -0.2) is 61.8 Å². The van der Waals surface area contributed by atoms with Crippen LogP contribution in [0, 0.1) is 0 Å².